The Labute approximate surface area is 157 Å². The summed E-state index contributed by atoms with van der Waals surface area (Å²) in [6.07, 6.45) is 5.48. The van der Waals surface area contributed by atoms with Crippen molar-refractivity contribution in [2.45, 2.75) is 26.7 Å². The Balaban J connectivity index is 2.21. The van der Waals surface area contributed by atoms with E-state index in [4.69, 9.17) is 4.74 Å². The Hall–Kier alpha value is -0.910. The van der Waals surface area contributed by atoms with Gasteiger partial charge in [-0.25, -0.2) is 0 Å². The van der Waals surface area contributed by atoms with Crippen LogP contribution in [0, 0.1) is 0 Å². The van der Waals surface area contributed by atoms with Crippen LogP contribution in [0.15, 0.2) is 39.3 Å². The van der Waals surface area contributed by atoms with Crippen molar-refractivity contribution in [1.82, 2.24) is 0 Å². The van der Waals surface area contributed by atoms with Crippen molar-refractivity contribution in [3.8, 4) is 5.75 Å². The first kappa shape index (κ1) is 18.4. The highest BCUT2D eigenvalue weighted by Gasteiger charge is 2.11. The standard InChI is InChI=1S/C18H18Br2O2S/c1-3-5-17-14(20)11-18(23-17)15(21)8-6-12-10-13(19)7-9-16(12)22-4-2/h6-11H,3-5H2,1-2H3/b8-6+. The average molecular weight is 458 g/mol. The summed E-state index contributed by atoms with van der Waals surface area (Å²) in [5.74, 6) is 0.791. The highest BCUT2D eigenvalue weighted by atomic mass is 79.9. The number of thiophene rings is 1. The second kappa shape index (κ2) is 8.81. The van der Waals surface area contributed by atoms with Crippen LogP contribution in [0.25, 0.3) is 6.08 Å². The number of carbonyl (C=O) groups is 1. The molecule has 0 spiro atoms. The molecule has 2 aromatic rings. The molecule has 122 valence electrons. The molecule has 0 aliphatic carbocycles. The Morgan fingerprint density at radius 1 is 1.26 bits per heavy atom. The Morgan fingerprint density at radius 3 is 2.74 bits per heavy atom. The molecule has 0 amide bonds. The van der Waals surface area contributed by atoms with Gasteiger partial charge in [-0.2, -0.15) is 0 Å². The molecule has 0 saturated heterocycles. The summed E-state index contributed by atoms with van der Waals surface area (Å²) < 4.78 is 7.58. The molecule has 0 aliphatic heterocycles. The van der Waals surface area contributed by atoms with Crippen LogP contribution in [0.5, 0.6) is 5.75 Å². The lowest BCUT2D eigenvalue weighted by Crippen LogP contribution is -1.94. The summed E-state index contributed by atoms with van der Waals surface area (Å²) in [4.78, 5) is 14.4. The largest absolute Gasteiger partial charge is 0.493 e. The lowest BCUT2D eigenvalue weighted by atomic mass is 10.1. The van der Waals surface area contributed by atoms with Crippen molar-refractivity contribution in [3.63, 3.8) is 0 Å². The van der Waals surface area contributed by atoms with Crippen LogP contribution in [0.1, 0.15) is 40.4 Å². The lowest BCUT2D eigenvalue weighted by Gasteiger charge is -2.07. The van der Waals surface area contributed by atoms with Crippen molar-refractivity contribution in [2.24, 2.45) is 0 Å². The highest BCUT2D eigenvalue weighted by Crippen LogP contribution is 2.30. The SMILES string of the molecule is CCCc1sc(C(=O)/C=C/c2cc(Br)ccc2OCC)cc1Br. The number of hydrogen-bond acceptors (Lipinski definition) is 3. The van der Waals surface area contributed by atoms with Crippen molar-refractivity contribution in [1.29, 1.82) is 0 Å². The van der Waals surface area contributed by atoms with Crippen LogP contribution in [0.2, 0.25) is 0 Å². The number of benzene rings is 1. The van der Waals surface area contributed by atoms with Gasteiger partial charge in [0.15, 0.2) is 5.78 Å². The third kappa shape index (κ3) is 5.03. The molecule has 0 radical (unpaired) electrons. The van der Waals surface area contributed by atoms with Gasteiger partial charge >= 0.3 is 0 Å². The first-order valence-corrected chi connectivity index (χ1v) is 9.88. The van der Waals surface area contributed by atoms with E-state index in [0.717, 1.165) is 38.0 Å². The summed E-state index contributed by atoms with van der Waals surface area (Å²) >= 11 is 8.54. The van der Waals surface area contributed by atoms with Gasteiger partial charge in [0.2, 0.25) is 0 Å². The van der Waals surface area contributed by atoms with Crippen molar-refractivity contribution in [2.75, 3.05) is 6.61 Å². The number of aryl methyl sites for hydroxylation is 1. The second-order valence-electron chi connectivity index (χ2n) is 4.94. The molecule has 0 bridgehead atoms. The number of allylic oxidation sites excluding steroid dienone is 1. The van der Waals surface area contributed by atoms with Gasteiger partial charge < -0.3 is 4.74 Å². The fourth-order valence-corrected chi connectivity index (χ4v) is 4.38. The molecule has 0 unspecified atom stereocenters. The van der Waals surface area contributed by atoms with E-state index in [1.807, 2.05) is 37.3 Å². The van der Waals surface area contributed by atoms with Crippen LogP contribution in [0.3, 0.4) is 0 Å². The maximum atomic E-state index is 12.4. The Morgan fingerprint density at radius 2 is 2.04 bits per heavy atom. The normalized spacial score (nSPS) is 11.1. The maximum Gasteiger partial charge on any atom is 0.195 e. The molecule has 1 aromatic carbocycles. The van der Waals surface area contributed by atoms with E-state index < -0.39 is 0 Å². The number of ether oxygens (including phenoxy) is 1. The first-order valence-electron chi connectivity index (χ1n) is 7.48. The van der Waals surface area contributed by atoms with Crippen LogP contribution in [-0.4, -0.2) is 12.4 Å². The molecule has 23 heavy (non-hydrogen) atoms. The molecular weight excluding hydrogens is 440 g/mol. The molecule has 5 heteroatoms. The van der Waals surface area contributed by atoms with Crippen molar-refractivity contribution >= 4 is 55.1 Å². The predicted octanol–water partition coefficient (Wildman–Crippen LogP) is 6.52. The molecule has 2 rings (SSSR count). The molecule has 0 aliphatic rings. The molecule has 0 N–H and O–H groups in total. The van der Waals surface area contributed by atoms with Gasteiger partial charge in [0.25, 0.3) is 0 Å². The summed E-state index contributed by atoms with van der Waals surface area (Å²) in [6.45, 7) is 4.67. The minimum Gasteiger partial charge on any atom is -0.493 e. The molecule has 0 fully saturated rings. The lowest BCUT2D eigenvalue weighted by molar-refractivity contribution is 0.105. The molecule has 0 atom stereocenters. The van der Waals surface area contributed by atoms with Gasteiger partial charge in [0.1, 0.15) is 5.75 Å². The quantitative estimate of drug-likeness (QED) is 0.349. The smallest absolute Gasteiger partial charge is 0.195 e. The number of hydrogen-bond donors (Lipinski definition) is 0. The van der Waals surface area contributed by atoms with Crippen LogP contribution in [0.4, 0.5) is 0 Å². The van der Waals surface area contributed by atoms with Gasteiger partial charge in [0.05, 0.1) is 11.5 Å². The molecule has 2 nitrogen and oxygen atoms in total. The fourth-order valence-electron chi connectivity index (χ4n) is 2.11. The van der Waals surface area contributed by atoms with E-state index in [1.165, 1.54) is 4.88 Å². The Kier molecular flexibility index (Phi) is 7.06. The van der Waals surface area contributed by atoms with Gasteiger partial charge in [-0.15, -0.1) is 11.3 Å². The van der Waals surface area contributed by atoms with E-state index in [1.54, 1.807) is 17.4 Å². The zero-order valence-electron chi connectivity index (χ0n) is 13.1. The van der Waals surface area contributed by atoms with Crippen LogP contribution >= 0.6 is 43.2 Å². The van der Waals surface area contributed by atoms with Gasteiger partial charge in [-0.05, 0) is 65.7 Å². The van der Waals surface area contributed by atoms with Gasteiger partial charge in [0, 0.05) is 19.4 Å². The fraction of sp³-hybridized carbons (Fsp3) is 0.278. The summed E-state index contributed by atoms with van der Waals surface area (Å²) in [6, 6.07) is 7.69. The van der Waals surface area contributed by atoms with Crippen LogP contribution < -0.4 is 4.74 Å². The summed E-state index contributed by atoms with van der Waals surface area (Å²) in [5, 5.41) is 0. The predicted molar refractivity (Wildman–Crippen MR) is 105 cm³/mol. The minimum atomic E-state index is 0.0143. The molecule has 1 aromatic heterocycles. The highest BCUT2D eigenvalue weighted by molar-refractivity contribution is 9.10. The first-order chi connectivity index (χ1) is 11.0. The molecule has 1 heterocycles. The van der Waals surface area contributed by atoms with E-state index in [2.05, 4.69) is 38.8 Å². The van der Waals surface area contributed by atoms with Gasteiger partial charge in [-0.1, -0.05) is 29.3 Å². The number of ketones is 1. The maximum absolute atomic E-state index is 12.4. The van der Waals surface area contributed by atoms with Crippen LogP contribution in [-0.2, 0) is 6.42 Å². The Bertz CT molecular complexity index is 720. The van der Waals surface area contributed by atoms with E-state index in [-0.39, 0.29) is 5.78 Å². The number of halogens is 2. The van der Waals surface area contributed by atoms with Gasteiger partial charge in [-0.3, -0.25) is 4.79 Å². The molecular formula is C18H18Br2O2S. The summed E-state index contributed by atoms with van der Waals surface area (Å²) in [7, 11) is 0. The van der Waals surface area contributed by atoms with E-state index in [9.17, 15) is 4.79 Å². The number of carbonyl (C=O) groups excluding carboxylic acids is 1. The third-order valence-corrected chi connectivity index (χ3v) is 5.84. The minimum absolute atomic E-state index is 0.0143. The molecule has 0 saturated carbocycles. The zero-order chi connectivity index (χ0) is 16.8. The third-order valence-electron chi connectivity index (χ3n) is 3.16. The monoisotopic (exact) mass is 456 g/mol. The van der Waals surface area contributed by atoms with E-state index >= 15 is 0 Å². The average Bonchev–Trinajstić information content (AvgIpc) is 2.89. The number of rotatable bonds is 7. The second-order valence-corrected chi connectivity index (χ2v) is 7.85. The van der Waals surface area contributed by atoms with Crippen molar-refractivity contribution in [3.05, 3.63) is 54.6 Å². The van der Waals surface area contributed by atoms with E-state index in [0.29, 0.717) is 6.61 Å². The summed E-state index contributed by atoms with van der Waals surface area (Å²) in [5.41, 5.74) is 0.888. The zero-order valence-corrected chi connectivity index (χ0v) is 17.1. The topological polar surface area (TPSA) is 26.3 Å². The van der Waals surface area contributed by atoms with Crippen molar-refractivity contribution < 1.29 is 9.53 Å².